The van der Waals surface area contributed by atoms with Gasteiger partial charge in [-0.25, -0.2) is 4.39 Å². The van der Waals surface area contributed by atoms with Crippen LogP contribution in [0.2, 0.25) is 0 Å². The van der Waals surface area contributed by atoms with E-state index < -0.39 is 0 Å². The molecule has 0 radical (unpaired) electrons. The summed E-state index contributed by atoms with van der Waals surface area (Å²) >= 11 is 0. The average Bonchev–Trinajstić information content (AvgIpc) is 2.84. The molecule has 0 saturated carbocycles. The second-order valence-electron chi connectivity index (χ2n) is 5.39. The third-order valence-electron chi connectivity index (χ3n) is 4.12. The van der Waals surface area contributed by atoms with E-state index in [1.165, 1.54) is 17.2 Å². The topological polar surface area (TPSA) is 26.0 Å². The van der Waals surface area contributed by atoms with Crippen molar-refractivity contribution in [3.8, 4) is 0 Å². The molecule has 1 nitrogen and oxygen atoms in total. The summed E-state index contributed by atoms with van der Waals surface area (Å²) in [5.74, 6) is 0.0370. The first-order valence-electron chi connectivity index (χ1n) is 6.76. The first-order valence-corrected chi connectivity index (χ1v) is 6.76. The molecule has 0 bridgehead atoms. The van der Waals surface area contributed by atoms with Gasteiger partial charge >= 0.3 is 0 Å². The Kier molecular flexibility index (Phi) is 3.11. The minimum absolute atomic E-state index is 0.192. The molecule has 1 aliphatic carbocycles. The summed E-state index contributed by atoms with van der Waals surface area (Å²) in [6.07, 6.45) is 2.05. The lowest BCUT2D eigenvalue weighted by Gasteiger charge is -2.21. The van der Waals surface area contributed by atoms with Gasteiger partial charge in [0.2, 0.25) is 0 Å². The van der Waals surface area contributed by atoms with E-state index in [0.717, 1.165) is 18.4 Å². The molecule has 0 amide bonds. The molecular formula is C17H18FN. The average molecular weight is 255 g/mol. The molecule has 0 heterocycles. The predicted molar refractivity (Wildman–Crippen MR) is 75.6 cm³/mol. The first-order chi connectivity index (χ1) is 9.16. The van der Waals surface area contributed by atoms with Crippen LogP contribution in [0.1, 0.15) is 40.6 Å². The van der Waals surface area contributed by atoms with Gasteiger partial charge in [-0.1, -0.05) is 42.0 Å². The van der Waals surface area contributed by atoms with Crippen molar-refractivity contribution in [2.24, 2.45) is 5.73 Å². The third kappa shape index (κ3) is 2.17. The fourth-order valence-electron chi connectivity index (χ4n) is 3.10. The Balaban J connectivity index is 1.97. The molecule has 0 spiro atoms. The standard InChI is InChI=1S/C17H18FN/c1-11-6-9-16(18)15(10-11)17(19)14-8-7-12-4-2-3-5-13(12)14/h2-6,9-10,14,17H,7-8,19H2,1H3. The molecular weight excluding hydrogens is 237 g/mol. The quantitative estimate of drug-likeness (QED) is 0.866. The van der Waals surface area contributed by atoms with E-state index in [4.69, 9.17) is 5.73 Å². The summed E-state index contributed by atoms with van der Waals surface area (Å²) in [7, 11) is 0. The Hall–Kier alpha value is -1.67. The number of aryl methyl sites for hydroxylation is 2. The van der Waals surface area contributed by atoms with E-state index >= 15 is 0 Å². The van der Waals surface area contributed by atoms with E-state index in [0.29, 0.717) is 5.56 Å². The van der Waals surface area contributed by atoms with Gasteiger partial charge in [-0.3, -0.25) is 0 Å². The largest absolute Gasteiger partial charge is 0.323 e. The number of halogens is 1. The molecule has 2 N–H and O–H groups in total. The summed E-state index contributed by atoms with van der Waals surface area (Å²) in [5.41, 5.74) is 10.7. The van der Waals surface area contributed by atoms with Gasteiger partial charge < -0.3 is 5.73 Å². The van der Waals surface area contributed by atoms with Crippen LogP contribution in [-0.2, 0) is 6.42 Å². The van der Waals surface area contributed by atoms with Crippen LogP contribution in [-0.4, -0.2) is 0 Å². The van der Waals surface area contributed by atoms with Gasteiger partial charge in [0.1, 0.15) is 5.82 Å². The smallest absolute Gasteiger partial charge is 0.128 e. The second-order valence-corrected chi connectivity index (χ2v) is 5.39. The number of nitrogens with two attached hydrogens (primary N) is 1. The molecule has 0 aromatic heterocycles. The maximum absolute atomic E-state index is 14.0. The molecule has 2 heteroatoms. The van der Waals surface area contributed by atoms with Crippen LogP contribution in [0.25, 0.3) is 0 Å². The van der Waals surface area contributed by atoms with E-state index in [-0.39, 0.29) is 17.8 Å². The Morgan fingerprint density at radius 2 is 2.00 bits per heavy atom. The van der Waals surface area contributed by atoms with Crippen molar-refractivity contribution in [2.75, 3.05) is 0 Å². The molecule has 2 unspecified atom stereocenters. The van der Waals surface area contributed by atoms with Crippen LogP contribution in [0, 0.1) is 12.7 Å². The Labute approximate surface area is 113 Å². The van der Waals surface area contributed by atoms with E-state index in [1.54, 1.807) is 6.07 Å². The molecule has 1 aliphatic rings. The summed E-state index contributed by atoms with van der Waals surface area (Å²) in [6.45, 7) is 1.97. The molecule has 19 heavy (non-hydrogen) atoms. The first kappa shape index (κ1) is 12.4. The molecule has 0 aliphatic heterocycles. The van der Waals surface area contributed by atoms with Crippen molar-refractivity contribution in [3.63, 3.8) is 0 Å². The second kappa shape index (κ2) is 4.78. The van der Waals surface area contributed by atoms with E-state index in [9.17, 15) is 4.39 Å². The van der Waals surface area contributed by atoms with Crippen LogP contribution < -0.4 is 5.73 Å². The fraction of sp³-hybridized carbons (Fsp3) is 0.294. The SMILES string of the molecule is Cc1ccc(F)c(C(N)C2CCc3ccccc32)c1. The van der Waals surface area contributed by atoms with Crippen molar-refractivity contribution in [1.29, 1.82) is 0 Å². The molecule has 2 aromatic rings. The minimum atomic E-state index is -0.261. The highest BCUT2D eigenvalue weighted by Crippen LogP contribution is 2.40. The van der Waals surface area contributed by atoms with E-state index in [1.807, 2.05) is 19.1 Å². The van der Waals surface area contributed by atoms with Crippen molar-refractivity contribution >= 4 is 0 Å². The highest BCUT2D eigenvalue weighted by Gasteiger charge is 2.29. The van der Waals surface area contributed by atoms with Crippen molar-refractivity contribution in [1.82, 2.24) is 0 Å². The predicted octanol–water partition coefficient (Wildman–Crippen LogP) is 3.86. The van der Waals surface area contributed by atoms with Gasteiger partial charge in [-0.05, 0) is 37.0 Å². The zero-order valence-electron chi connectivity index (χ0n) is 11.1. The highest BCUT2D eigenvalue weighted by atomic mass is 19.1. The highest BCUT2D eigenvalue weighted by molar-refractivity contribution is 5.39. The minimum Gasteiger partial charge on any atom is -0.323 e. The number of rotatable bonds is 2. The van der Waals surface area contributed by atoms with Crippen molar-refractivity contribution in [3.05, 3.63) is 70.5 Å². The van der Waals surface area contributed by atoms with Gasteiger partial charge in [0, 0.05) is 17.5 Å². The summed E-state index contributed by atoms with van der Waals surface area (Å²) in [4.78, 5) is 0. The normalized spacial score (nSPS) is 19.2. The summed E-state index contributed by atoms with van der Waals surface area (Å²) in [6, 6.07) is 13.3. The Morgan fingerprint density at radius 1 is 1.21 bits per heavy atom. The third-order valence-corrected chi connectivity index (χ3v) is 4.12. The Morgan fingerprint density at radius 3 is 2.84 bits per heavy atom. The number of benzene rings is 2. The monoisotopic (exact) mass is 255 g/mol. The van der Waals surface area contributed by atoms with Gasteiger partial charge in [0.15, 0.2) is 0 Å². The number of hydrogen-bond donors (Lipinski definition) is 1. The summed E-state index contributed by atoms with van der Waals surface area (Å²) < 4.78 is 14.0. The fourth-order valence-corrected chi connectivity index (χ4v) is 3.10. The maximum Gasteiger partial charge on any atom is 0.128 e. The molecule has 3 rings (SSSR count). The lowest BCUT2D eigenvalue weighted by atomic mass is 9.88. The maximum atomic E-state index is 14.0. The number of hydrogen-bond acceptors (Lipinski definition) is 1. The molecule has 2 atom stereocenters. The molecule has 2 aromatic carbocycles. The van der Waals surface area contributed by atoms with Crippen LogP contribution >= 0.6 is 0 Å². The summed E-state index contributed by atoms with van der Waals surface area (Å²) in [5, 5.41) is 0. The van der Waals surface area contributed by atoms with Gasteiger partial charge in [-0.2, -0.15) is 0 Å². The molecule has 98 valence electrons. The van der Waals surface area contributed by atoms with Crippen molar-refractivity contribution < 1.29 is 4.39 Å². The number of fused-ring (bicyclic) bond motifs is 1. The lowest BCUT2D eigenvalue weighted by Crippen LogP contribution is -2.19. The van der Waals surface area contributed by atoms with Gasteiger partial charge in [-0.15, -0.1) is 0 Å². The van der Waals surface area contributed by atoms with E-state index in [2.05, 4.69) is 18.2 Å². The van der Waals surface area contributed by atoms with Crippen LogP contribution in [0.15, 0.2) is 42.5 Å². The van der Waals surface area contributed by atoms with Gasteiger partial charge in [0.25, 0.3) is 0 Å². The molecule has 0 fully saturated rings. The zero-order chi connectivity index (χ0) is 13.4. The van der Waals surface area contributed by atoms with Crippen LogP contribution in [0.5, 0.6) is 0 Å². The lowest BCUT2D eigenvalue weighted by molar-refractivity contribution is 0.513. The van der Waals surface area contributed by atoms with Crippen LogP contribution in [0.4, 0.5) is 4.39 Å². The van der Waals surface area contributed by atoms with Crippen molar-refractivity contribution in [2.45, 2.75) is 31.7 Å². The van der Waals surface area contributed by atoms with Crippen LogP contribution in [0.3, 0.4) is 0 Å². The Bertz CT molecular complexity index is 606. The zero-order valence-corrected chi connectivity index (χ0v) is 11.1. The van der Waals surface area contributed by atoms with Gasteiger partial charge in [0.05, 0.1) is 0 Å². The molecule has 0 saturated heterocycles.